The van der Waals surface area contributed by atoms with E-state index in [4.69, 9.17) is 9.84 Å². The molecule has 2 aromatic carbocycles. The van der Waals surface area contributed by atoms with Gasteiger partial charge in [-0.05, 0) is 47.4 Å². The molecule has 0 saturated heterocycles. The van der Waals surface area contributed by atoms with E-state index >= 15 is 0 Å². The summed E-state index contributed by atoms with van der Waals surface area (Å²) in [6.07, 6.45) is 3.12. The molecule has 8 nitrogen and oxygen atoms in total. The number of amides is 2. The van der Waals surface area contributed by atoms with Crippen molar-refractivity contribution in [1.82, 2.24) is 10.3 Å². The average Bonchev–Trinajstić information content (AvgIpc) is 3.55. The number of hydrogen-bond acceptors (Lipinski definition) is 6. The van der Waals surface area contributed by atoms with Crippen LogP contribution in [0.1, 0.15) is 52.4 Å². The number of carbonyl (C=O) groups is 3. The van der Waals surface area contributed by atoms with Gasteiger partial charge in [-0.25, -0.2) is 9.78 Å². The Morgan fingerprint density at radius 3 is 2.40 bits per heavy atom. The largest absolute Gasteiger partial charge is 0.481 e. The first-order valence-corrected chi connectivity index (χ1v) is 12.4. The van der Waals surface area contributed by atoms with Gasteiger partial charge < -0.3 is 15.2 Å². The summed E-state index contributed by atoms with van der Waals surface area (Å²) in [6, 6.07) is 16.2. The van der Waals surface area contributed by atoms with Crippen LogP contribution in [0.4, 0.5) is 9.93 Å². The lowest BCUT2D eigenvalue weighted by molar-refractivity contribution is -0.138. The van der Waals surface area contributed by atoms with Gasteiger partial charge in [0, 0.05) is 18.4 Å². The van der Waals surface area contributed by atoms with Gasteiger partial charge in [-0.1, -0.05) is 59.9 Å². The maximum absolute atomic E-state index is 12.6. The quantitative estimate of drug-likeness (QED) is 0.434. The predicted molar refractivity (Wildman–Crippen MR) is 132 cm³/mol. The first-order valence-electron chi connectivity index (χ1n) is 11.6. The van der Waals surface area contributed by atoms with Crippen molar-refractivity contribution in [2.75, 3.05) is 11.9 Å². The zero-order chi connectivity index (χ0) is 24.4. The summed E-state index contributed by atoms with van der Waals surface area (Å²) in [5.74, 6) is -1.04. The van der Waals surface area contributed by atoms with Gasteiger partial charge in [0.15, 0.2) is 5.13 Å². The Morgan fingerprint density at radius 1 is 1.03 bits per heavy atom. The van der Waals surface area contributed by atoms with Crippen molar-refractivity contribution in [3.8, 4) is 11.1 Å². The Morgan fingerprint density at radius 2 is 1.71 bits per heavy atom. The van der Waals surface area contributed by atoms with Crippen molar-refractivity contribution in [1.29, 1.82) is 0 Å². The highest BCUT2D eigenvalue weighted by molar-refractivity contribution is 7.17. The normalized spacial score (nSPS) is 18.5. The molecule has 5 rings (SSSR count). The molecule has 0 unspecified atom stereocenters. The molecule has 35 heavy (non-hydrogen) atoms. The molecule has 3 N–H and O–H groups in total. The zero-order valence-corrected chi connectivity index (χ0v) is 19.7. The number of carbonyl (C=O) groups excluding carboxylic acids is 2. The number of rotatable bonds is 7. The number of nitrogens with zero attached hydrogens (tertiary/aromatic N) is 1. The van der Waals surface area contributed by atoms with Crippen molar-refractivity contribution < 1.29 is 24.2 Å². The summed E-state index contributed by atoms with van der Waals surface area (Å²) in [7, 11) is 0. The Balaban J connectivity index is 1.15. The Kier molecular flexibility index (Phi) is 6.50. The molecular weight excluding hydrogens is 466 g/mol. The third-order valence-corrected chi connectivity index (χ3v) is 7.53. The molecule has 0 spiro atoms. The predicted octanol–water partition coefficient (Wildman–Crippen LogP) is 4.88. The van der Waals surface area contributed by atoms with Crippen molar-refractivity contribution in [3.05, 3.63) is 70.7 Å². The van der Waals surface area contributed by atoms with E-state index in [0.29, 0.717) is 11.3 Å². The summed E-state index contributed by atoms with van der Waals surface area (Å²) in [5.41, 5.74) is 4.58. The maximum atomic E-state index is 12.6. The standard InChI is InChI=1S/C26H25N3O5S/c30-23(31)12-15-9-10-16(11-15)28-24(32)22-13-27-25(35-22)29-26(33)34-14-21-19-7-3-1-5-17(19)18-6-2-4-8-20(18)21/h1-8,13,15-16,21H,9-12,14H2,(H,28,32)(H,30,31)(H,27,29,33)/t15-,16+/m1/s1. The monoisotopic (exact) mass is 491 g/mol. The number of thiazole rings is 1. The molecule has 9 heteroatoms. The Hall–Kier alpha value is -3.72. The second-order valence-electron chi connectivity index (χ2n) is 8.93. The number of carboxylic acids is 1. The van der Waals surface area contributed by atoms with Gasteiger partial charge in [-0.15, -0.1) is 0 Å². The second kappa shape index (κ2) is 9.87. The second-order valence-corrected chi connectivity index (χ2v) is 9.96. The van der Waals surface area contributed by atoms with Crippen LogP contribution in [0.3, 0.4) is 0 Å². The summed E-state index contributed by atoms with van der Waals surface area (Å²) >= 11 is 1.07. The van der Waals surface area contributed by atoms with E-state index in [0.717, 1.165) is 46.4 Å². The highest BCUT2D eigenvalue weighted by atomic mass is 32.1. The Labute approximate surface area is 206 Å². The summed E-state index contributed by atoms with van der Waals surface area (Å²) in [4.78, 5) is 40.4. The van der Waals surface area contributed by atoms with Gasteiger partial charge >= 0.3 is 12.1 Å². The summed E-state index contributed by atoms with van der Waals surface area (Å²) < 4.78 is 5.53. The number of aromatic nitrogens is 1. The third-order valence-electron chi connectivity index (χ3n) is 6.62. The van der Waals surface area contributed by atoms with Crippen LogP contribution in [-0.2, 0) is 9.53 Å². The zero-order valence-electron chi connectivity index (χ0n) is 18.9. The van der Waals surface area contributed by atoms with E-state index < -0.39 is 12.1 Å². The number of fused-ring (bicyclic) bond motifs is 3. The van der Waals surface area contributed by atoms with Gasteiger partial charge in [0.05, 0.1) is 6.20 Å². The van der Waals surface area contributed by atoms with Crippen LogP contribution in [0, 0.1) is 5.92 Å². The molecule has 1 saturated carbocycles. The van der Waals surface area contributed by atoms with Gasteiger partial charge in [0.1, 0.15) is 11.5 Å². The van der Waals surface area contributed by atoms with Crippen LogP contribution in [0.5, 0.6) is 0 Å². The maximum Gasteiger partial charge on any atom is 0.413 e. The molecule has 1 fully saturated rings. The number of anilines is 1. The molecule has 2 aliphatic rings. The first kappa shape index (κ1) is 23.0. The van der Waals surface area contributed by atoms with Crippen LogP contribution < -0.4 is 10.6 Å². The molecule has 180 valence electrons. The lowest BCUT2D eigenvalue weighted by Gasteiger charge is -2.14. The first-order chi connectivity index (χ1) is 17.0. The SMILES string of the molecule is O=C(O)C[C@@H]1CC[C@H](NC(=O)c2cnc(NC(=O)OCC3c4ccccc4-c4ccccc43)s2)C1. The van der Waals surface area contributed by atoms with Gasteiger partial charge in [-0.3, -0.25) is 14.9 Å². The Bertz CT molecular complexity index is 1230. The van der Waals surface area contributed by atoms with Crippen molar-refractivity contribution in [2.45, 2.75) is 37.6 Å². The van der Waals surface area contributed by atoms with Crippen LogP contribution in [0.2, 0.25) is 0 Å². The number of nitrogens with one attached hydrogen (secondary N) is 2. The van der Waals surface area contributed by atoms with Crippen LogP contribution >= 0.6 is 11.3 Å². The van der Waals surface area contributed by atoms with Gasteiger partial charge in [-0.2, -0.15) is 0 Å². The van der Waals surface area contributed by atoms with Crippen LogP contribution in [0.15, 0.2) is 54.7 Å². The highest BCUT2D eigenvalue weighted by Gasteiger charge is 2.30. The van der Waals surface area contributed by atoms with Crippen molar-refractivity contribution >= 4 is 34.4 Å². The number of hydrogen-bond donors (Lipinski definition) is 3. The lowest BCUT2D eigenvalue weighted by atomic mass is 9.98. The molecule has 0 aliphatic heterocycles. The molecule has 2 atom stereocenters. The fourth-order valence-corrected chi connectivity index (χ4v) is 5.76. The van der Waals surface area contributed by atoms with E-state index in [1.54, 1.807) is 0 Å². The summed E-state index contributed by atoms with van der Waals surface area (Å²) in [6.45, 7) is 0.192. The van der Waals surface area contributed by atoms with Crippen molar-refractivity contribution in [3.63, 3.8) is 0 Å². The van der Waals surface area contributed by atoms with E-state index in [2.05, 4.69) is 39.9 Å². The van der Waals surface area contributed by atoms with E-state index in [9.17, 15) is 14.4 Å². The highest BCUT2D eigenvalue weighted by Crippen LogP contribution is 2.44. The average molecular weight is 492 g/mol. The third kappa shape index (κ3) is 5.05. The smallest absolute Gasteiger partial charge is 0.413 e. The fraction of sp³-hybridized carbons (Fsp3) is 0.308. The molecule has 0 bridgehead atoms. The number of ether oxygens (including phenoxy) is 1. The van der Waals surface area contributed by atoms with E-state index in [-0.39, 0.29) is 41.9 Å². The fourth-order valence-electron chi connectivity index (χ4n) is 5.05. The van der Waals surface area contributed by atoms with Crippen LogP contribution in [0.25, 0.3) is 11.1 Å². The van der Waals surface area contributed by atoms with Gasteiger partial charge in [0.2, 0.25) is 0 Å². The van der Waals surface area contributed by atoms with Crippen LogP contribution in [-0.4, -0.2) is 40.7 Å². The number of benzene rings is 2. The molecule has 0 radical (unpaired) electrons. The van der Waals surface area contributed by atoms with Gasteiger partial charge in [0.25, 0.3) is 5.91 Å². The molecule has 1 aromatic heterocycles. The van der Waals surface area contributed by atoms with E-state index in [1.165, 1.54) is 6.20 Å². The molecule has 1 heterocycles. The minimum atomic E-state index is -0.812. The minimum Gasteiger partial charge on any atom is -0.481 e. The molecule has 2 amide bonds. The summed E-state index contributed by atoms with van der Waals surface area (Å²) in [5, 5.41) is 14.8. The molecule has 3 aromatic rings. The lowest BCUT2D eigenvalue weighted by Crippen LogP contribution is -2.32. The topological polar surface area (TPSA) is 118 Å². The molecule has 2 aliphatic carbocycles. The van der Waals surface area contributed by atoms with Crippen molar-refractivity contribution in [2.24, 2.45) is 5.92 Å². The minimum absolute atomic E-state index is 0.0397. The van der Waals surface area contributed by atoms with E-state index in [1.807, 2.05) is 24.3 Å². The number of aliphatic carboxylic acids is 1. The number of carboxylic acid groups (broad SMARTS) is 1. The molecular formula is C26H25N3O5S.